The Morgan fingerprint density at radius 3 is 2.69 bits per heavy atom. The van der Waals surface area contributed by atoms with Crippen molar-refractivity contribution in [1.29, 1.82) is 0 Å². The van der Waals surface area contributed by atoms with Crippen LogP contribution in [-0.4, -0.2) is 28.6 Å². The summed E-state index contributed by atoms with van der Waals surface area (Å²) in [5.41, 5.74) is 0. The van der Waals surface area contributed by atoms with Gasteiger partial charge in [-0.05, 0) is 18.8 Å². The van der Waals surface area contributed by atoms with Crippen LogP contribution in [0.25, 0.3) is 0 Å². The molecule has 4 nitrogen and oxygen atoms in total. The Bertz CT molecular complexity index is 251. The fourth-order valence-corrected chi connectivity index (χ4v) is 2.45. The molecule has 0 aromatic carbocycles. The molecule has 4 heteroatoms. The number of amides is 2. The Balaban J connectivity index is 2.14. The SMILES string of the molecule is O=C(O)N1CC2CCCCC2C1=O. The molecule has 1 aliphatic heterocycles. The van der Waals surface area contributed by atoms with E-state index in [9.17, 15) is 9.59 Å². The molecule has 0 aromatic heterocycles. The molecule has 1 N–H and O–H groups in total. The summed E-state index contributed by atoms with van der Waals surface area (Å²) in [6.07, 6.45) is 3.02. The maximum Gasteiger partial charge on any atom is 0.414 e. The van der Waals surface area contributed by atoms with Gasteiger partial charge < -0.3 is 5.11 Å². The van der Waals surface area contributed by atoms with Crippen LogP contribution in [0.4, 0.5) is 4.79 Å². The summed E-state index contributed by atoms with van der Waals surface area (Å²) in [5.74, 6) is 0.138. The van der Waals surface area contributed by atoms with Gasteiger partial charge in [-0.1, -0.05) is 12.8 Å². The monoisotopic (exact) mass is 183 g/mol. The van der Waals surface area contributed by atoms with Crippen LogP contribution in [0.1, 0.15) is 25.7 Å². The van der Waals surface area contributed by atoms with E-state index in [1.807, 2.05) is 0 Å². The number of rotatable bonds is 0. The first-order valence-corrected chi connectivity index (χ1v) is 4.74. The van der Waals surface area contributed by atoms with Gasteiger partial charge in [-0.25, -0.2) is 9.69 Å². The molecule has 1 aliphatic carbocycles. The van der Waals surface area contributed by atoms with Crippen molar-refractivity contribution in [1.82, 2.24) is 4.90 Å². The van der Waals surface area contributed by atoms with Crippen LogP contribution < -0.4 is 0 Å². The maximum atomic E-state index is 11.5. The molecular weight excluding hydrogens is 170 g/mol. The van der Waals surface area contributed by atoms with Crippen LogP contribution in [-0.2, 0) is 4.79 Å². The Hall–Kier alpha value is -1.06. The first kappa shape index (κ1) is 8.53. The second-order valence-electron chi connectivity index (χ2n) is 3.88. The number of hydrogen-bond acceptors (Lipinski definition) is 2. The molecule has 1 saturated carbocycles. The number of carbonyl (C=O) groups excluding carboxylic acids is 1. The largest absolute Gasteiger partial charge is 0.465 e. The Morgan fingerprint density at radius 2 is 2.08 bits per heavy atom. The summed E-state index contributed by atoms with van der Waals surface area (Å²) in [5, 5.41) is 8.74. The molecular formula is C9H13NO3. The molecule has 1 heterocycles. The average Bonchev–Trinajstić information content (AvgIpc) is 2.45. The lowest BCUT2D eigenvalue weighted by Crippen LogP contribution is -2.32. The highest BCUT2D eigenvalue weighted by Gasteiger charge is 2.43. The number of hydrogen-bond donors (Lipinski definition) is 1. The van der Waals surface area contributed by atoms with Crippen LogP contribution >= 0.6 is 0 Å². The van der Waals surface area contributed by atoms with Crippen molar-refractivity contribution in [2.75, 3.05) is 6.54 Å². The maximum absolute atomic E-state index is 11.5. The minimum absolute atomic E-state index is 0.00449. The van der Waals surface area contributed by atoms with Crippen molar-refractivity contribution in [3.05, 3.63) is 0 Å². The second kappa shape index (κ2) is 3.01. The number of likely N-dealkylation sites (tertiary alicyclic amines) is 1. The molecule has 2 amide bonds. The molecule has 72 valence electrons. The van der Waals surface area contributed by atoms with Gasteiger partial charge in [0.25, 0.3) is 0 Å². The molecule has 1 saturated heterocycles. The highest BCUT2D eigenvalue weighted by molar-refractivity contribution is 5.94. The van der Waals surface area contributed by atoms with Gasteiger partial charge in [-0.2, -0.15) is 0 Å². The highest BCUT2D eigenvalue weighted by Crippen LogP contribution is 2.36. The number of carboxylic acid groups (broad SMARTS) is 1. The number of fused-ring (bicyclic) bond motifs is 1. The number of imide groups is 1. The first-order chi connectivity index (χ1) is 6.20. The first-order valence-electron chi connectivity index (χ1n) is 4.74. The molecule has 2 rings (SSSR count). The summed E-state index contributed by atoms with van der Waals surface area (Å²) < 4.78 is 0. The summed E-state index contributed by atoms with van der Waals surface area (Å²) >= 11 is 0. The van der Waals surface area contributed by atoms with Crippen LogP contribution in [0.2, 0.25) is 0 Å². The number of nitrogens with zero attached hydrogens (tertiary/aromatic N) is 1. The van der Waals surface area contributed by atoms with Gasteiger partial charge in [0.15, 0.2) is 0 Å². The zero-order valence-electron chi connectivity index (χ0n) is 7.40. The van der Waals surface area contributed by atoms with Crippen molar-refractivity contribution < 1.29 is 14.7 Å². The van der Waals surface area contributed by atoms with Crippen molar-refractivity contribution >= 4 is 12.0 Å². The summed E-state index contributed by atoms with van der Waals surface area (Å²) in [6.45, 7) is 0.429. The Labute approximate surface area is 76.5 Å². The van der Waals surface area contributed by atoms with E-state index in [-0.39, 0.29) is 11.8 Å². The molecule has 13 heavy (non-hydrogen) atoms. The third-order valence-corrected chi connectivity index (χ3v) is 3.14. The van der Waals surface area contributed by atoms with Crippen molar-refractivity contribution in [2.45, 2.75) is 25.7 Å². The fraction of sp³-hybridized carbons (Fsp3) is 0.778. The van der Waals surface area contributed by atoms with Gasteiger partial charge in [-0.15, -0.1) is 0 Å². The number of carbonyl (C=O) groups is 2. The van der Waals surface area contributed by atoms with E-state index in [1.54, 1.807) is 0 Å². The van der Waals surface area contributed by atoms with E-state index in [2.05, 4.69) is 0 Å². The van der Waals surface area contributed by atoms with Crippen LogP contribution in [0.15, 0.2) is 0 Å². The van der Waals surface area contributed by atoms with Crippen LogP contribution in [0.5, 0.6) is 0 Å². The van der Waals surface area contributed by atoms with E-state index in [4.69, 9.17) is 5.11 Å². The van der Waals surface area contributed by atoms with Gasteiger partial charge in [0, 0.05) is 12.5 Å². The molecule has 0 spiro atoms. The van der Waals surface area contributed by atoms with E-state index in [1.165, 1.54) is 0 Å². The molecule has 0 aromatic rings. The van der Waals surface area contributed by atoms with Gasteiger partial charge in [0.05, 0.1) is 0 Å². The molecule has 0 radical (unpaired) electrons. The predicted molar refractivity (Wildman–Crippen MR) is 45.2 cm³/mol. The van der Waals surface area contributed by atoms with E-state index < -0.39 is 6.09 Å². The normalized spacial score (nSPS) is 33.2. The lowest BCUT2D eigenvalue weighted by Gasteiger charge is -2.21. The molecule has 2 atom stereocenters. The van der Waals surface area contributed by atoms with Gasteiger partial charge in [-0.3, -0.25) is 4.79 Å². The summed E-state index contributed by atoms with van der Waals surface area (Å²) in [6, 6.07) is 0. The van der Waals surface area contributed by atoms with Crippen LogP contribution in [0, 0.1) is 11.8 Å². The van der Waals surface area contributed by atoms with E-state index in [0.717, 1.165) is 30.6 Å². The van der Waals surface area contributed by atoms with Crippen molar-refractivity contribution in [3.63, 3.8) is 0 Å². The Kier molecular flexibility index (Phi) is 1.98. The minimum atomic E-state index is -1.08. The minimum Gasteiger partial charge on any atom is -0.465 e. The third-order valence-electron chi connectivity index (χ3n) is 3.14. The zero-order chi connectivity index (χ0) is 9.42. The molecule has 2 unspecified atom stereocenters. The standard InChI is InChI=1S/C9H13NO3/c11-8-7-4-2-1-3-6(7)5-10(8)9(12)13/h6-7H,1-5H2,(H,12,13). The predicted octanol–water partition coefficient (Wildman–Crippen LogP) is 1.31. The van der Waals surface area contributed by atoms with Gasteiger partial charge in [0.1, 0.15) is 0 Å². The lowest BCUT2D eigenvalue weighted by atomic mass is 9.81. The highest BCUT2D eigenvalue weighted by atomic mass is 16.4. The van der Waals surface area contributed by atoms with E-state index >= 15 is 0 Å². The average molecular weight is 183 g/mol. The van der Waals surface area contributed by atoms with E-state index in [0.29, 0.717) is 12.5 Å². The molecule has 0 bridgehead atoms. The zero-order valence-corrected chi connectivity index (χ0v) is 7.40. The third kappa shape index (κ3) is 1.30. The lowest BCUT2D eigenvalue weighted by molar-refractivity contribution is -0.129. The smallest absolute Gasteiger partial charge is 0.414 e. The van der Waals surface area contributed by atoms with Crippen LogP contribution in [0.3, 0.4) is 0 Å². The molecule has 2 aliphatic rings. The topological polar surface area (TPSA) is 57.6 Å². The quantitative estimate of drug-likeness (QED) is 0.616. The van der Waals surface area contributed by atoms with Gasteiger partial charge >= 0.3 is 6.09 Å². The van der Waals surface area contributed by atoms with Crippen molar-refractivity contribution in [3.8, 4) is 0 Å². The Morgan fingerprint density at radius 1 is 1.38 bits per heavy atom. The second-order valence-corrected chi connectivity index (χ2v) is 3.88. The van der Waals surface area contributed by atoms with Crippen molar-refractivity contribution in [2.24, 2.45) is 11.8 Å². The fourth-order valence-electron chi connectivity index (χ4n) is 2.45. The molecule has 2 fully saturated rings. The van der Waals surface area contributed by atoms with Gasteiger partial charge in [0.2, 0.25) is 5.91 Å². The summed E-state index contributed by atoms with van der Waals surface area (Å²) in [7, 11) is 0. The summed E-state index contributed by atoms with van der Waals surface area (Å²) in [4.78, 5) is 23.2.